The largest absolute Gasteiger partial charge is 0.316 e. The fraction of sp³-hybridized carbons (Fsp3) is 0.562. The molecule has 1 aliphatic heterocycles. The predicted octanol–water partition coefficient (Wildman–Crippen LogP) is 3.49. The van der Waals surface area contributed by atoms with E-state index in [9.17, 15) is 9.18 Å². The second-order valence-electron chi connectivity index (χ2n) is 5.60. The van der Waals surface area contributed by atoms with Gasteiger partial charge in [0, 0.05) is 17.5 Å². The highest BCUT2D eigenvalue weighted by Crippen LogP contribution is 2.35. The third-order valence-corrected chi connectivity index (χ3v) is 4.10. The van der Waals surface area contributed by atoms with Gasteiger partial charge in [0.05, 0.1) is 0 Å². The van der Waals surface area contributed by atoms with Crippen LogP contribution < -0.4 is 5.32 Å². The highest BCUT2D eigenvalue weighted by atomic mass is 19.1. The molecule has 1 aromatic rings. The molecule has 1 aromatic carbocycles. The zero-order valence-electron chi connectivity index (χ0n) is 11.8. The van der Waals surface area contributed by atoms with Gasteiger partial charge in [-0.3, -0.25) is 4.79 Å². The van der Waals surface area contributed by atoms with Crippen LogP contribution in [0.15, 0.2) is 18.2 Å². The molecule has 2 rings (SSSR count). The smallest absolute Gasteiger partial charge is 0.170 e. The number of carbonyl (C=O) groups is 1. The summed E-state index contributed by atoms with van der Waals surface area (Å²) in [5.74, 6) is -0.0764. The molecular formula is C16H22FNO. The molecule has 1 fully saturated rings. The van der Waals surface area contributed by atoms with Gasteiger partial charge in [0.15, 0.2) is 5.78 Å². The van der Waals surface area contributed by atoms with Crippen LogP contribution in [0.5, 0.6) is 0 Å². The summed E-state index contributed by atoms with van der Waals surface area (Å²) in [6, 6.07) is 4.71. The monoisotopic (exact) mass is 263 g/mol. The lowest BCUT2D eigenvalue weighted by atomic mass is 9.71. The van der Waals surface area contributed by atoms with Crippen LogP contribution in [-0.4, -0.2) is 18.9 Å². The highest BCUT2D eigenvalue weighted by Gasteiger charge is 2.38. The molecule has 104 valence electrons. The maximum atomic E-state index is 13.3. The Morgan fingerprint density at radius 1 is 1.47 bits per heavy atom. The van der Waals surface area contributed by atoms with Crippen molar-refractivity contribution in [3.05, 3.63) is 35.1 Å². The molecule has 0 saturated carbocycles. The predicted molar refractivity (Wildman–Crippen MR) is 74.9 cm³/mol. The van der Waals surface area contributed by atoms with E-state index in [1.54, 1.807) is 19.1 Å². The third-order valence-electron chi connectivity index (χ3n) is 4.10. The summed E-state index contributed by atoms with van der Waals surface area (Å²) in [5, 5.41) is 3.34. The lowest BCUT2D eigenvalue weighted by Gasteiger charge is -2.36. The van der Waals surface area contributed by atoms with Crippen molar-refractivity contribution in [1.29, 1.82) is 0 Å². The standard InChI is InChI=1S/C16H22FNO/c1-3-7-16(8-4-9-18-11-16)15(19)13-5-6-14(17)12(2)10-13/h5-6,10,18H,3-4,7-9,11H2,1-2H3. The number of piperidine rings is 1. The molecule has 0 spiro atoms. The molecule has 1 atom stereocenters. The van der Waals surface area contributed by atoms with Crippen molar-refractivity contribution in [3.63, 3.8) is 0 Å². The van der Waals surface area contributed by atoms with Crippen LogP contribution in [0.4, 0.5) is 4.39 Å². The minimum Gasteiger partial charge on any atom is -0.316 e. The molecule has 0 radical (unpaired) electrons. The van der Waals surface area contributed by atoms with Gasteiger partial charge in [-0.05, 0) is 56.5 Å². The number of ketones is 1. The molecular weight excluding hydrogens is 241 g/mol. The summed E-state index contributed by atoms with van der Waals surface area (Å²) in [6.45, 7) is 5.55. The van der Waals surface area contributed by atoms with Crippen molar-refractivity contribution in [2.75, 3.05) is 13.1 Å². The Morgan fingerprint density at radius 3 is 2.84 bits per heavy atom. The van der Waals surface area contributed by atoms with Gasteiger partial charge < -0.3 is 5.32 Å². The molecule has 2 nitrogen and oxygen atoms in total. The van der Waals surface area contributed by atoms with Crippen LogP contribution >= 0.6 is 0 Å². The van der Waals surface area contributed by atoms with Crippen molar-refractivity contribution >= 4 is 5.78 Å². The van der Waals surface area contributed by atoms with Crippen LogP contribution in [0.2, 0.25) is 0 Å². The lowest BCUT2D eigenvalue weighted by molar-refractivity contribution is 0.0718. The summed E-state index contributed by atoms with van der Waals surface area (Å²) in [6.07, 6.45) is 3.86. The molecule has 3 heteroatoms. The highest BCUT2D eigenvalue weighted by molar-refractivity contribution is 6.01. The second-order valence-corrected chi connectivity index (χ2v) is 5.60. The summed E-state index contributed by atoms with van der Waals surface area (Å²) < 4.78 is 13.3. The number of hydrogen-bond donors (Lipinski definition) is 1. The van der Waals surface area contributed by atoms with Crippen molar-refractivity contribution in [3.8, 4) is 0 Å². The van der Waals surface area contributed by atoms with Gasteiger partial charge in [-0.2, -0.15) is 0 Å². The minimum absolute atomic E-state index is 0.171. The van der Waals surface area contributed by atoms with Crippen molar-refractivity contribution < 1.29 is 9.18 Å². The number of rotatable bonds is 4. The van der Waals surface area contributed by atoms with E-state index in [4.69, 9.17) is 0 Å². The Bertz CT molecular complexity index is 458. The number of Topliss-reactive ketones (excluding diaryl/α,β-unsaturated/α-hetero) is 1. The van der Waals surface area contributed by atoms with E-state index >= 15 is 0 Å². The third kappa shape index (κ3) is 2.86. The first-order valence-corrected chi connectivity index (χ1v) is 7.11. The Labute approximate surface area is 114 Å². The maximum absolute atomic E-state index is 13.3. The number of nitrogens with one attached hydrogen (secondary N) is 1. The van der Waals surface area contributed by atoms with Crippen molar-refractivity contribution in [2.45, 2.75) is 39.5 Å². The second kappa shape index (κ2) is 5.83. The maximum Gasteiger partial charge on any atom is 0.170 e. The molecule has 1 unspecified atom stereocenters. The molecule has 0 bridgehead atoms. The molecule has 0 aromatic heterocycles. The SMILES string of the molecule is CCCC1(C(=O)c2ccc(F)c(C)c2)CCCNC1. The van der Waals surface area contributed by atoms with Gasteiger partial charge in [-0.25, -0.2) is 4.39 Å². The Morgan fingerprint density at radius 2 is 2.26 bits per heavy atom. The van der Waals surface area contributed by atoms with E-state index in [0.29, 0.717) is 11.1 Å². The zero-order valence-corrected chi connectivity index (χ0v) is 11.8. The van der Waals surface area contributed by atoms with Crippen LogP contribution in [0, 0.1) is 18.2 Å². The van der Waals surface area contributed by atoms with E-state index in [1.807, 2.05) is 0 Å². The minimum atomic E-state index is -0.294. The first-order valence-electron chi connectivity index (χ1n) is 7.11. The van der Waals surface area contributed by atoms with Gasteiger partial charge in [-0.15, -0.1) is 0 Å². The number of carbonyl (C=O) groups excluding carboxylic acids is 1. The number of halogens is 1. The normalized spacial score (nSPS) is 23.3. The van der Waals surface area contributed by atoms with E-state index in [-0.39, 0.29) is 17.0 Å². The molecule has 0 aliphatic carbocycles. The summed E-state index contributed by atoms with van der Waals surface area (Å²) in [4.78, 5) is 12.8. The first kappa shape index (κ1) is 14.2. The molecule has 1 aliphatic rings. The van der Waals surface area contributed by atoms with Gasteiger partial charge in [0.2, 0.25) is 0 Å². The first-order chi connectivity index (χ1) is 9.09. The lowest BCUT2D eigenvalue weighted by Crippen LogP contribution is -2.45. The Kier molecular flexibility index (Phi) is 4.35. The average Bonchev–Trinajstić information content (AvgIpc) is 2.42. The van der Waals surface area contributed by atoms with Gasteiger partial charge in [0.25, 0.3) is 0 Å². The van der Waals surface area contributed by atoms with Crippen LogP contribution in [0.25, 0.3) is 0 Å². The molecule has 1 N–H and O–H groups in total. The summed E-state index contributed by atoms with van der Waals surface area (Å²) >= 11 is 0. The van der Waals surface area contributed by atoms with Crippen LogP contribution in [0.3, 0.4) is 0 Å². The zero-order chi connectivity index (χ0) is 13.9. The van der Waals surface area contributed by atoms with Crippen molar-refractivity contribution in [2.24, 2.45) is 5.41 Å². The Hall–Kier alpha value is -1.22. The molecule has 0 amide bonds. The van der Waals surface area contributed by atoms with Gasteiger partial charge in [-0.1, -0.05) is 13.3 Å². The number of benzene rings is 1. The molecule has 19 heavy (non-hydrogen) atoms. The average molecular weight is 263 g/mol. The van der Waals surface area contributed by atoms with Gasteiger partial charge in [0.1, 0.15) is 5.82 Å². The van der Waals surface area contributed by atoms with Gasteiger partial charge >= 0.3 is 0 Å². The molecule has 1 saturated heterocycles. The fourth-order valence-corrected chi connectivity index (χ4v) is 3.06. The number of hydrogen-bond acceptors (Lipinski definition) is 2. The Balaban J connectivity index is 2.30. The number of aryl methyl sites for hydroxylation is 1. The molecule has 1 heterocycles. The van der Waals surface area contributed by atoms with E-state index in [0.717, 1.165) is 38.8 Å². The van der Waals surface area contributed by atoms with E-state index in [1.165, 1.54) is 6.07 Å². The van der Waals surface area contributed by atoms with E-state index in [2.05, 4.69) is 12.2 Å². The summed E-state index contributed by atoms with van der Waals surface area (Å²) in [7, 11) is 0. The van der Waals surface area contributed by atoms with Crippen LogP contribution in [0.1, 0.15) is 48.5 Å². The van der Waals surface area contributed by atoms with E-state index < -0.39 is 0 Å². The quantitative estimate of drug-likeness (QED) is 0.843. The summed E-state index contributed by atoms with van der Waals surface area (Å²) in [5.41, 5.74) is 0.898. The topological polar surface area (TPSA) is 29.1 Å². The fourth-order valence-electron chi connectivity index (χ4n) is 3.06. The van der Waals surface area contributed by atoms with Crippen LogP contribution in [-0.2, 0) is 0 Å². The van der Waals surface area contributed by atoms with Crippen molar-refractivity contribution in [1.82, 2.24) is 5.32 Å².